The summed E-state index contributed by atoms with van der Waals surface area (Å²) in [6.07, 6.45) is 0.871. The molecule has 1 aromatic carbocycles. The van der Waals surface area contributed by atoms with E-state index in [0.29, 0.717) is 19.0 Å². The summed E-state index contributed by atoms with van der Waals surface area (Å²) in [6, 6.07) is 7.39. The number of nitrogens with two attached hydrogens (primary N) is 1. The Labute approximate surface area is 106 Å². The lowest BCUT2D eigenvalue weighted by molar-refractivity contribution is 0.172. The summed E-state index contributed by atoms with van der Waals surface area (Å²) < 4.78 is 10.4. The van der Waals surface area contributed by atoms with Crippen molar-refractivity contribution in [2.75, 3.05) is 26.2 Å². The molecule has 0 saturated heterocycles. The molecular formula is C12H17ClN2O2. The van der Waals surface area contributed by atoms with Gasteiger partial charge in [0.15, 0.2) is 0 Å². The standard InChI is InChI=1S/C12H17ClN2O2/c1-16-7-2-8-17-11-5-3-10(4-6-11)15-12(14)9-13/h3-6H,2,7-9H2,1H3,(H2,14,15). The molecular weight excluding hydrogens is 240 g/mol. The van der Waals surface area contributed by atoms with Crippen LogP contribution in [-0.2, 0) is 4.74 Å². The molecule has 0 bridgehead atoms. The highest BCUT2D eigenvalue weighted by molar-refractivity contribution is 6.28. The molecule has 0 spiro atoms. The Hall–Kier alpha value is -1.26. The van der Waals surface area contributed by atoms with Crippen LogP contribution in [0.2, 0.25) is 0 Å². The van der Waals surface area contributed by atoms with Gasteiger partial charge in [-0.05, 0) is 24.3 Å². The topological polar surface area (TPSA) is 56.8 Å². The molecule has 0 heterocycles. The molecule has 0 radical (unpaired) electrons. The first-order valence-corrected chi connectivity index (χ1v) is 5.90. The Kier molecular flexibility index (Phi) is 6.43. The number of hydrogen-bond donors (Lipinski definition) is 1. The monoisotopic (exact) mass is 256 g/mol. The molecule has 0 aromatic heterocycles. The van der Waals surface area contributed by atoms with E-state index in [0.717, 1.165) is 17.9 Å². The van der Waals surface area contributed by atoms with E-state index >= 15 is 0 Å². The summed E-state index contributed by atoms with van der Waals surface area (Å²) in [5.74, 6) is 1.44. The van der Waals surface area contributed by atoms with E-state index < -0.39 is 0 Å². The summed E-state index contributed by atoms with van der Waals surface area (Å²) in [4.78, 5) is 4.12. The minimum absolute atomic E-state index is 0.231. The van der Waals surface area contributed by atoms with Gasteiger partial charge in [-0.15, -0.1) is 11.6 Å². The maximum Gasteiger partial charge on any atom is 0.119 e. The van der Waals surface area contributed by atoms with Gasteiger partial charge in [0.1, 0.15) is 11.6 Å². The average molecular weight is 257 g/mol. The van der Waals surface area contributed by atoms with Gasteiger partial charge in [0, 0.05) is 20.1 Å². The van der Waals surface area contributed by atoms with Crippen LogP contribution < -0.4 is 10.5 Å². The van der Waals surface area contributed by atoms with Gasteiger partial charge < -0.3 is 15.2 Å². The number of benzene rings is 1. The van der Waals surface area contributed by atoms with Crippen molar-refractivity contribution in [3.05, 3.63) is 24.3 Å². The molecule has 0 atom stereocenters. The highest BCUT2D eigenvalue weighted by atomic mass is 35.5. The van der Waals surface area contributed by atoms with Gasteiger partial charge in [-0.2, -0.15) is 0 Å². The summed E-state index contributed by atoms with van der Waals surface area (Å²) in [5, 5.41) is 0. The van der Waals surface area contributed by atoms with Crippen LogP contribution in [0.1, 0.15) is 6.42 Å². The molecule has 1 aromatic rings. The number of nitrogens with zero attached hydrogens (tertiary/aromatic N) is 1. The molecule has 4 nitrogen and oxygen atoms in total. The third kappa shape index (κ3) is 5.56. The van der Waals surface area contributed by atoms with Gasteiger partial charge in [0.2, 0.25) is 0 Å². The van der Waals surface area contributed by atoms with E-state index in [1.807, 2.05) is 24.3 Å². The third-order valence-electron chi connectivity index (χ3n) is 2.01. The van der Waals surface area contributed by atoms with Gasteiger partial charge in [-0.25, -0.2) is 4.99 Å². The van der Waals surface area contributed by atoms with Crippen LogP contribution in [0.5, 0.6) is 5.75 Å². The second-order valence-electron chi connectivity index (χ2n) is 3.43. The Morgan fingerprint density at radius 1 is 1.29 bits per heavy atom. The SMILES string of the molecule is COCCCOc1ccc(N=C(N)CCl)cc1. The van der Waals surface area contributed by atoms with E-state index in [9.17, 15) is 0 Å². The van der Waals surface area contributed by atoms with Crippen molar-refractivity contribution in [3.63, 3.8) is 0 Å². The first-order valence-electron chi connectivity index (χ1n) is 5.37. The molecule has 2 N–H and O–H groups in total. The van der Waals surface area contributed by atoms with Gasteiger partial charge in [-0.1, -0.05) is 0 Å². The zero-order valence-corrected chi connectivity index (χ0v) is 10.6. The lowest BCUT2D eigenvalue weighted by atomic mass is 10.3. The van der Waals surface area contributed by atoms with E-state index in [2.05, 4.69) is 4.99 Å². The maximum absolute atomic E-state index is 5.54. The fourth-order valence-electron chi connectivity index (χ4n) is 1.21. The number of methoxy groups -OCH3 is 1. The molecule has 5 heteroatoms. The van der Waals surface area contributed by atoms with Crippen molar-refractivity contribution in [2.45, 2.75) is 6.42 Å². The molecule has 0 aliphatic heterocycles. The number of rotatable bonds is 7. The summed E-state index contributed by atoms with van der Waals surface area (Å²) in [6.45, 7) is 1.34. The molecule has 0 aliphatic carbocycles. The molecule has 0 fully saturated rings. The second kappa shape index (κ2) is 7.92. The quantitative estimate of drug-likeness (QED) is 0.353. The number of alkyl halides is 1. The predicted molar refractivity (Wildman–Crippen MR) is 70.4 cm³/mol. The van der Waals surface area contributed by atoms with Gasteiger partial charge in [-0.3, -0.25) is 0 Å². The van der Waals surface area contributed by atoms with Crippen LogP contribution in [0.3, 0.4) is 0 Å². The molecule has 1 rings (SSSR count). The molecule has 94 valence electrons. The molecule has 0 aliphatic rings. The van der Waals surface area contributed by atoms with Crippen LogP contribution in [0.25, 0.3) is 0 Å². The minimum Gasteiger partial charge on any atom is -0.494 e. The van der Waals surface area contributed by atoms with Crippen LogP contribution in [0.4, 0.5) is 5.69 Å². The number of ether oxygens (including phenoxy) is 2. The van der Waals surface area contributed by atoms with Crippen LogP contribution in [0.15, 0.2) is 29.3 Å². The lowest BCUT2D eigenvalue weighted by Crippen LogP contribution is -2.12. The van der Waals surface area contributed by atoms with Gasteiger partial charge in [0.05, 0.1) is 18.2 Å². The van der Waals surface area contributed by atoms with Crippen molar-refractivity contribution in [2.24, 2.45) is 10.7 Å². The first kappa shape index (κ1) is 13.8. The lowest BCUT2D eigenvalue weighted by Gasteiger charge is -2.05. The summed E-state index contributed by atoms with van der Waals surface area (Å²) >= 11 is 5.54. The Morgan fingerprint density at radius 3 is 2.59 bits per heavy atom. The van der Waals surface area contributed by atoms with Gasteiger partial charge in [0.25, 0.3) is 0 Å². The predicted octanol–water partition coefficient (Wildman–Crippen LogP) is 2.33. The Morgan fingerprint density at radius 2 is 2.00 bits per heavy atom. The van der Waals surface area contributed by atoms with E-state index in [-0.39, 0.29) is 5.88 Å². The Bertz CT molecular complexity index is 352. The van der Waals surface area contributed by atoms with E-state index in [4.69, 9.17) is 26.8 Å². The van der Waals surface area contributed by atoms with Gasteiger partial charge >= 0.3 is 0 Å². The largest absolute Gasteiger partial charge is 0.494 e. The van der Waals surface area contributed by atoms with Crippen LogP contribution in [0, 0.1) is 0 Å². The van der Waals surface area contributed by atoms with Crippen molar-refractivity contribution in [1.82, 2.24) is 0 Å². The maximum atomic E-state index is 5.54. The smallest absolute Gasteiger partial charge is 0.119 e. The molecule has 17 heavy (non-hydrogen) atoms. The third-order valence-corrected chi connectivity index (χ3v) is 2.28. The van der Waals surface area contributed by atoms with Crippen molar-refractivity contribution >= 4 is 23.1 Å². The normalized spacial score (nSPS) is 11.5. The first-order chi connectivity index (χ1) is 8.26. The van der Waals surface area contributed by atoms with Crippen LogP contribution in [-0.4, -0.2) is 32.0 Å². The second-order valence-corrected chi connectivity index (χ2v) is 3.69. The fraction of sp³-hybridized carbons (Fsp3) is 0.417. The zero-order chi connectivity index (χ0) is 12.5. The Balaban J connectivity index is 2.45. The minimum atomic E-state index is 0.231. The molecule has 0 saturated carbocycles. The summed E-state index contributed by atoms with van der Waals surface area (Å²) in [5.41, 5.74) is 6.30. The molecule has 0 unspecified atom stereocenters. The van der Waals surface area contributed by atoms with E-state index in [1.165, 1.54) is 0 Å². The zero-order valence-electron chi connectivity index (χ0n) is 9.86. The average Bonchev–Trinajstić information content (AvgIpc) is 2.36. The summed E-state index contributed by atoms with van der Waals surface area (Å²) in [7, 11) is 1.67. The number of halogens is 1. The number of amidine groups is 1. The molecule has 0 amide bonds. The number of aliphatic imine (C=N–C) groups is 1. The highest BCUT2D eigenvalue weighted by Crippen LogP contribution is 2.18. The van der Waals surface area contributed by atoms with Crippen molar-refractivity contribution in [1.29, 1.82) is 0 Å². The van der Waals surface area contributed by atoms with Crippen molar-refractivity contribution in [3.8, 4) is 5.75 Å². The van der Waals surface area contributed by atoms with Crippen LogP contribution >= 0.6 is 11.6 Å². The van der Waals surface area contributed by atoms with E-state index in [1.54, 1.807) is 7.11 Å². The van der Waals surface area contributed by atoms with Crippen molar-refractivity contribution < 1.29 is 9.47 Å². The number of hydrogen-bond acceptors (Lipinski definition) is 3. The highest BCUT2D eigenvalue weighted by Gasteiger charge is 1.95. The fourth-order valence-corrected chi connectivity index (χ4v) is 1.27.